The molecule has 4 nitrogen and oxygen atoms in total. The minimum Gasteiger partial charge on any atom is -0.455 e. The number of para-hydroxylation sites is 4. The van der Waals surface area contributed by atoms with E-state index in [1.54, 1.807) is 0 Å². The smallest absolute Gasteiger partial charge is 0.144 e. The van der Waals surface area contributed by atoms with E-state index in [9.17, 15) is 0 Å². The van der Waals surface area contributed by atoms with Gasteiger partial charge in [0, 0.05) is 82.4 Å². The van der Waals surface area contributed by atoms with E-state index in [2.05, 4.69) is 270 Å². The van der Waals surface area contributed by atoms with Crippen LogP contribution in [0.15, 0.2) is 221 Å². The van der Waals surface area contributed by atoms with Gasteiger partial charge in [-0.3, -0.25) is 0 Å². The van der Waals surface area contributed by atoms with Gasteiger partial charge >= 0.3 is 0 Å². The number of benzene rings is 11. The van der Waals surface area contributed by atoms with Gasteiger partial charge in [-0.05, 0) is 153 Å². The van der Waals surface area contributed by atoms with E-state index in [0.29, 0.717) is 0 Å². The standard InChI is InChI=1S/C76H56N2O2/c1-43-29-32-46(33-30-43)77(48-35-38-53-59(41-48)76(6,7)70-66(53)68-55-24-14-18-28-64(55)80-73(68)69-51-22-11-15-25-57(51)75(4,5)71(69)70)47-34-37-52-58(40-47)74(2,3)60-42-56(72-67(65(52)60)54-23-13-17-27-63(54)79-72)44-31-36-50-49-21-12-16-26-61(49)78(62(50)39-44)45-19-9-8-10-20-45/h8-42H,1-7H3. The second kappa shape index (κ2) is 15.7. The first kappa shape index (κ1) is 45.6. The summed E-state index contributed by atoms with van der Waals surface area (Å²) in [5, 5.41) is 7.16. The molecule has 14 aromatic rings. The molecule has 0 spiro atoms. The molecule has 0 saturated carbocycles. The van der Waals surface area contributed by atoms with Crippen LogP contribution in [0.5, 0.6) is 0 Å². The van der Waals surface area contributed by atoms with Crippen LogP contribution >= 0.6 is 0 Å². The Bertz CT molecular complexity index is 5040. The molecule has 4 heteroatoms. The summed E-state index contributed by atoms with van der Waals surface area (Å²) in [7, 11) is 0. The van der Waals surface area contributed by atoms with Crippen molar-refractivity contribution in [1.29, 1.82) is 0 Å². The highest BCUT2D eigenvalue weighted by Crippen LogP contribution is 2.64. The van der Waals surface area contributed by atoms with Gasteiger partial charge in [-0.25, -0.2) is 0 Å². The molecule has 17 rings (SSSR count). The highest BCUT2D eigenvalue weighted by molar-refractivity contribution is 6.22. The number of hydrogen-bond acceptors (Lipinski definition) is 3. The van der Waals surface area contributed by atoms with E-state index in [1.807, 2.05) is 0 Å². The first-order valence-corrected chi connectivity index (χ1v) is 28.2. The van der Waals surface area contributed by atoms with Gasteiger partial charge in [0.25, 0.3) is 0 Å². The van der Waals surface area contributed by atoms with Gasteiger partial charge in [0.1, 0.15) is 22.3 Å². The number of rotatable bonds is 5. The van der Waals surface area contributed by atoms with Crippen molar-refractivity contribution in [2.45, 2.75) is 64.7 Å². The lowest BCUT2D eigenvalue weighted by Crippen LogP contribution is -2.24. The molecule has 0 amide bonds. The lowest BCUT2D eigenvalue weighted by atomic mass is 9.72. The van der Waals surface area contributed by atoms with Crippen LogP contribution in [0.3, 0.4) is 0 Å². The molecule has 0 aliphatic heterocycles. The van der Waals surface area contributed by atoms with E-state index in [-0.39, 0.29) is 16.2 Å². The van der Waals surface area contributed by atoms with E-state index in [0.717, 1.165) is 61.6 Å². The average Bonchev–Trinajstić information content (AvgIpc) is 4.44. The second-order valence-electron chi connectivity index (χ2n) is 24.4. The fourth-order valence-corrected chi connectivity index (χ4v) is 15.2. The zero-order valence-corrected chi connectivity index (χ0v) is 45.9. The Morgan fingerprint density at radius 3 is 1.62 bits per heavy atom. The topological polar surface area (TPSA) is 34.5 Å². The number of anilines is 3. The third-order valence-electron chi connectivity index (χ3n) is 19.0. The maximum Gasteiger partial charge on any atom is 0.144 e. The molecule has 3 aliphatic rings. The third kappa shape index (κ3) is 5.85. The Hall–Kier alpha value is -9.38. The molecule has 3 aliphatic carbocycles. The predicted molar refractivity (Wildman–Crippen MR) is 333 cm³/mol. The maximum atomic E-state index is 7.07. The Balaban J connectivity index is 0.856. The van der Waals surface area contributed by atoms with Crippen molar-refractivity contribution < 1.29 is 8.83 Å². The normalized spacial score (nSPS) is 15.0. The van der Waals surface area contributed by atoms with Crippen LogP contribution in [-0.2, 0) is 16.2 Å². The van der Waals surface area contributed by atoms with Crippen LogP contribution in [0.4, 0.5) is 17.1 Å². The number of furan rings is 2. The van der Waals surface area contributed by atoms with Crippen LogP contribution in [0.25, 0.3) is 116 Å². The molecule has 11 aromatic carbocycles. The molecule has 0 fully saturated rings. The van der Waals surface area contributed by atoms with Crippen LogP contribution in [0.1, 0.15) is 80.5 Å². The zero-order valence-electron chi connectivity index (χ0n) is 45.9. The van der Waals surface area contributed by atoms with Crippen molar-refractivity contribution in [3.8, 4) is 50.2 Å². The van der Waals surface area contributed by atoms with Crippen molar-refractivity contribution in [1.82, 2.24) is 4.57 Å². The van der Waals surface area contributed by atoms with Crippen LogP contribution in [0, 0.1) is 6.92 Å². The number of hydrogen-bond donors (Lipinski definition) is 0. The summed E-state index contributed by atoms with van der Waals surface area (Å²) in [5.41, 5.74) is 28.8. The van der Waals surface area contributed by atoms with E-state index < -0.39 is 0 Å². The average molecular weight is 1030 g/mol. The molecule has 0 N–H and O–H groups in total. The van der Waals surface area contributed by atoms with Crippen molar-refractivity contribution in [2.75, 3.05) is 4.90 Å². The molecule has 0 bridgehead atoms. The molecular formula is C76H56N2O2. The van der Waals surface area contributed by atoms with E-state index in [4.69, 9.17) is 8.83 Å². The zero-order chi connectivity index (χ0) is 53.7. The number of fused-ring (bicyclic) bond motifs is 22. The molecular weight excluding hydrogens is 973 g/mol. The van der Waals surface area contributed by atoms with Gasteiger partial charge in [0.15, 0.2) is 0 Å². The molecule has 3 heterocycles. The summed E-state index contributed by atoms with van der Waals surface area (Å²) in [6.45, 7) is 16.7. The molecule has 382 valence electrons. The molecule has 3 aromatic heterocycles. The number of aryl methyl sites for hydroxylation is 1. The fraction of sp³-hybridized carbons (Fsp3) is 0.132. The van der Waals surface area contributed by atoms with Crippen molar-refractivity contribution in [3.63, 3.8) is 0 Å². The Morgan fingerprint density at radius 2 is 0.900 bits per heavy atom. The van der Waals surface area contributed by atoms with Gasteiger partial charge in [-0.15, -0.1) is 0 Å². The van der Waals surface area contributed by atoms with E-state index in [1.165, 1.54) is 110 Å². The fourth-order valence-electron chi connectivity index (χ4n) is 15.2. The number of aromatic nitrogens is 1. The number of nitrogens with zero attached hydrogens (tertiary/aromatic N) is 2. The first-order valence-electron chi connectivity index (χ1n) is 28.2. The summed E-state index contributed by atoms with van der Waals surface area (Å²) in [6, 6.07) is 78.7. The van der Waals surface area contributed by atoms with Gasteiger partial charge < -0.3 is 18.3 Å². The van der Waals surface area contributed by atoms with Crippen LogP contribution in [0.2, 0.25) is 0 Å². The molecule has 0 atom stereocenters. The van der Waals surface area contributed by atoms with Gasteiger partial charge in [-0.1, -0.05) is 181 Å². The quantitative estimate of drug-likeness (QED) is 0.172. The molecule has 0 radical (unpaired) electrons. The SMILES string of the molecule is Cc1ccc(N(c2ccc3c(c2)C(C)(C)c2cc(-c4ccc5c6ccccc6n(-c6ccccc6)c5c4)c4oc5ccccc5c4c2-3)c2ccc3c(c2)C(C)(C)c2c4c(c5oc6ccccc6c5c2-3)-c2ccccc2C4(C)C)cc1. The lowest BCUT2D eigenvalue weighted by Gasteiger charge is -2.32. The Morgan fingerprint density at radius 1 is 0.362 bits per heavy atom. The summed E-state index contributed by atoms with van der Waals surface area (Å²) in [6.07, 6.45) is 0. The largest absolute Gasteiger partial charge is 0.455 e. The van der Waals surface area contributed by atoms with Gasteiger partial charge in [-0.2, -0.15) is 0 Å². The van der Waals surface area contributed by atoms with Crippen molar-refractivity contribution >= 4 is 82.7 Å². The lowest BCUT2D eigenvalue weighted by molar-refractivity contribution is 0.600. The highest BCUT2D eigenvalue weighted by Gasteiger charge is 2.49. The maximum absolute atomic E-state index is 7.07. The van der Waals surface area contributed by atoms with Crippen LogP contribution < -0.4 is 4.90 Å². The summed E-state index contributed by atoms with van der Waals surface area (Å²) < 4.78 is 16.5. The summed E-state index contributed by atoms with van der Waals surface area (Å²) in [5.74, 6) is 0. The Kier molecular flexibility index (Phi) is 8.94. The monoisotopic (exact) mass is 1030 g/mol. The first-order chi connectivity index (χ1) is 38.9. The molecule has 0 unspecified atom stereocenters. The second-order valence-corrected chi connectivity index (χ2v) is 24.4. The van der Waals surface area contributed by atoms with E-state index >= 15 is 0 Å². The molecule has 0 saturated heterocycles. The Labute approximate surface area is 464 Å². The third-order valence-corrected chi connectivity index (χ3v) is 19.0. The minimum absolute atomic E-state index is 0.236. The van der Waals surface area contributed by atoms with Gasteiger partial charge in [0.2, 0.25) is 0 Å². The molecule has 80 heavy (non-hydrogen) atoms. The van der Waals surface area contributed by atoms with Gasteiger partial charge in [0.05, 0.1) is 11.0 Å². The minimum atomic E-state index is -0.366. The highest BCUT2D eigenvalue weighted by atomic mass is 16.3. The summed E-state index contributed by atoms with van der Waals surface area (Å²) in [4.78, 5) is 2.49. The van der Waals surface area contributed by atoms with Crippen molar-refractivity contribution in [2.24, 2.45) is 0 Å². The van der Waals surface area contributed by atoms with Crippen LogP contribution in [-0.4, -0.2) is 4.57 Å². The summed E-state index contributed by atoms with van der Waals surface area (Å²) >= 11 is 0. The van der Waals surface area contributed by atoms with Crippen molar-refractivity contribution in [3.05, 3.63) is 251 Å². The predicted octanol–water partition coefficient (Wildman–Crippen LogP) is 20.9.